The van der Waals surface area contributed by atoms with E-state index in [1.54, 1.807) is 0 Å². The normalized spacial score (nSPS) is 18.1. The van der Waals surface area contributed by atoms with Gasteiger partial charge in [0.05, 0.1) is 7.11 Å². The molecule has 2 unspecified atom stereocenters. The quantitative estimate of drug-likeness (QED) is 0.591. The molecule has 0 fully saturated rings. The minimum Gasteiger partial charge on any atom is -0.467 e. The number of allylic oxidation sites excluding steroid dienone is 2. The topological polar surface area (TPSA) is 71.2 Å². The number of ether oxygens (including phenoxy) is 1. The van der Waals surface area contributed by atoms with E-state index in [2.05, 4.69) is 32.3 Å². The number of halogens is 1. The van der Waals surface area contributed by atoms with E-state index in [-0.39, 0.29) is 11.8 Å². The van der Waals surface area contributed by atoms with Crippen LogP contribution < -0.4 is 5.32 Å². The molecule has 5 nitrogen and oxygen atoms in total. The Labute approximate surface area is 154 Å². The number of hydrogen-bond donors (Lipinski definition) is 2. The van der Waals surface area contributed by atoms with Gasteiger partial charge in [0.2, 0.25) is 5.91 Å². The smallest absolute Gasteiger partial charge is 0.328 e. The zero-order valence-corrected chi connectivity index (χ0v) is 15.6. The molecule has 1 aromatic heterocycles. The molecular formula is C19H21BrN2O3. The zero-order valence-electron chi connectivity index (χ0n) is 14.0. The minimum absolute atomic E-state index is 0.0748. The predicted octanol–water partition coefficient (Wildman–Crippen LogP) is 3.49. The van der Waals surface area contributed by atoms with Gasteiger partial charge in [-0.25, -0.2) is 4.79 Å². The van der Waals surface area contributed by atoms with Gasteiger partial charge in [-0.15, -0.1) is 0 Å². The summed E-state index contributed by atoms with van der Waals surface area (Å²) in [6.07, 6.45) is 8.82. The first kappa shape index (κ1) is 17.7. The summed E-state index contributed by atoms with van der Waals surface area (Å²) in [5, 5.41) is 3.91. The van der Waals surface area contributed by atoms with Gasteiger partial charge < -0.3 is 15.0 Å². The van der Waals surface area contributed by atoms with Crippen LogP contribution in [0.15, 0.2) is 41.0 Å². The van der Waals surface area contributed by atoms with Gasteiger partial charge >= 0.3 is 5.97 Å². The molecule has 6 heteroatoms. The van der Waals surface area contributed by atoms with Crippen molar-refractivity contribution in [3.63, 3.8) is 0 Å². The third kappa shape index (κ3) is 4.12. The molecule has 1 heterocycles. The zero-order chi connectivity index (χ0) is 17.8. The van der Waals surface area contributed by atoms with Gasteiger partial charge in [0.15, 0.2) is 0 Å². The molecule has 0 bridgehead atoms. The highest BCUT2D eigenvalue weighted by molar-refractivity contribution is 9.10. The van der Waals surface area contributed by atoms with Crippen LogP contribution in [0.3, 0.4) is 0 Å². The number of esters is 1. The van der Waals surface area contributed by atoms with E-state index in [4.69, 9.17) is 4.74 Å². The van der Waals surface area contributed by atoms with Crippen LogP contribution in [-0.2, 0) is 20.7 Å². The van der Waals surface area contributed by atoms with Gasteiger partial charge in [-0.1, -0.05) is 28.1 Å². The number of benzene rings is 1. The van der Waals surface area contributed by atoms with Crippen LogP contribution in [0.4, 0.5) is 0 Å². The van der Waals surface area contributed by atoms with Crippen molar-refractivity contribution < 1.29 is 14.3 Å². The van der Waals surface area contributed by atoms with Crippen molar-refractivity contribution >= 4 is 38.7 Å². The first-order chi connectivity index (χ1) is 12.1. The maximum atomic E-state index is 12.5. The Morgan fingerprint density at radius 3 is 2.96 bits per heavy atom. The second-order valence-electron chi connectivity index (χ2n) is 6.27. The predicted molar refractivity (Wildman–Crippen MR) is 100 cm³/mol. The number of rotatable bonds is 5. The molecule has 0 saturated heterocycles. The Bertz CT molecular complexity index is 812. The standard InChI is InChI=1S/C19H21BrN2O3/c1-25-19(24)17(22-18(23)12-5-3-2-4-6-12)9-13-11-21-16-8-7-14(20)10-15(13)16/h2-3,7-8,10-12,17,21H,4-6,9H2,1H3,(H,22,23). The number of nitrogens with one attached hydrogen (secondary N) is 2. The van der Waals surface area contributed by atoms with Gasteiger partial charge in [-0.3, -0.25) is 4.79 Å². The lowest BCUT2D eigenvalue weighted by atomic mass is 9.93. The van der Waals surface area contributed by atoms with Gasteiger partial charge in [-0.2, -0.15) is 0 Å². The van der Waals surface area contributed by atoms with Crippen LogP contribution in [0.5, 0.6) is 0 Å². The molecule has 1 amide bonds. The monoisotopic (exact) mass is 404 g/mol. The van der Waals surface area contributed by atoms with E-state index >= 15 is 0 Å². The Morgan fingerprint density at radius 1 is 1.40 bits per heavy atom. The fourth-order valence-electron chi connectivity index (χ4n) is 3.20. The van der Waals surface area contributed by atoms with Crippen LogP contribution >= 0.6 is 15.9 Å². The molecule has 0 spiro atoms. The van der Waals surface area contributed by atoms with Gasteiger partial charge in [0.1, 0.15) is 6.04 Å². The Hall–Kier alpha value is -2.08. The van der Waals surface area contributed by atoms with Crippen molar-refractivity contribution in [1.29, 1.82) is 0 Å². The van der Waals surface area contributed by atoms with Gasteiger partial charge in [-0.05, 0) is 43.0 Å². The number of amides is 1. The molecule has 2 atom stereocenters. The second kappa shape index (κ2) is 7.87. The van der Waals surface area contributed by atoms with Crippen molar-refractivity contribution in [1.82, 2.24) is 10.3 Å². The Balaban J connectivity index is 1.78. The van der Waals surface area contributed by atoms with E-state index in [1.807, 2.05) is 30.5 Å². The molecule has 3 rings (SSSR count). The average Bonchev–Trinajstić information content (AvgIpc) is 3.03. The van der Waals surface area contributed by atoms with E-state index < -0.39 is 12.0 Å². The number of fused-ring (bicyclic) bond motifs is 1. The van der Waals surface area contributed by atoms with Gasteiger partial charge in [0, 0.05) is 33.9 Å². The summed E-state index contributed by atoms with van der Waals surface area (Å²) in [6.45, 7) is 0. The highest BCUT2D eigenvalue weighted by Gasteiger charge is 2.27. The van der Waals surface area contributed by atoms with Crippen LogP contribution in [-0.4, -0.2) is 30.0 Å². The lowest BCUT2D eigenvalue weighted by Gasteiger charge is -2.21. The van der Waals surface area contributed by atoms with Crippen molar-refractivity contribution in [2.24, 2.45) is 5.92 Å². The SMILES string of the molecule is COC(=O)C(Cc1c[nH]c2ccc(Br)cc12)NC(=O)C1CC=CCC1. The molecule has 132 valence electrons. The number of hydrogen-bond acceptors (Lipinski definition) is 3. The summed E-state index contributed by atoms with van der Waals surface area (Å²) < 4.78 is 5.86. The maximum absolute atomic E-state index is 12.5. The summed E-state index contributed by atoms with van der Waals surface area (Å²) in [5.41, 5.74) is 1.96. The fraction of sp³-hybridized carbons (Fsp3) is 0.368. The molecule has 25 heavy (non-hydrogen) atoms. The van der Waals surface area contributed by atoms with Crippen LogP contribution in [0.1, 0.15) is 24.8 Å². The molecule has 0 saturated carbocycles. The minimum atomic E-state index is -0.693. The molecule has 1 aliphatic carbocycles. The van der Waals surface area contributed by atoms with Crippen LogP contribution in [0.25, 0.3) is 10.9 Å². The maximum Gasteiger partial charge on any atom is 0.328 e. The first-order valence-electron chi connectivity index (χ1n) is 8.37. The van der Waals surface area contributed by atoms with E-state index in [9.17, 15) is 9.59 Å². The molecule has 1 aliphatic rings. The third-order valence-corrected chi connectivity index (χ3v) is 5.09. The van der Waals surface area contributed by atoms with E-state index in [0.29, 0.717) is 6.42 Å². The average molecular weight is 405 g/mol. The number of carbonyl (C=O) groups excluding carboxylic acids is 2. The first-order valence-corrected chi connectivity index (χ1v) is 9.16. The number of methoxy groups -OCH3 is 1. The summed E-state index contributed by atoms with van der Waals surface area (Å²) in [7, 11) is 1.34. The van der Waals surface area contributed by atoms with Crippen LogP contribution in [0.2, 0.25) is 0 Å². The van der Waals surface area contributed by atoms with Gasteiger partial charge in [0.25, 0.3) is 0 Å². The number of H-pyrrole nitrogens is 1. The Kier molecular flexibility index (Phi) is 5.58. The van der Waals surface area contributed by atoms with Crippen LogP contribution in [0, 0.1) is 5.92 Å². The lowest BCUT2D eigenvalue weighted by molar-refractivity contribution is -0.145. The summed E-state index contributed by atoms with van der Waals surface area (Å²) in [6, 6.07) is 5.24. The molecule has 2 aromatic rings. The molecule has 0 radical (unpaired) electrons. The van der Waals surface area contributed by atoms with Crippen molar-refractivity contribution in [2.75, 3.05) is 7.11 Å². The Morgan fingerprint density at radius 2 is 2.24 bits per heavy atom. The number of aromatic amines is 1. The second-order valence-corrected chi connectivity index (χ2v) is 7.19. The summed E-state index contributed by atoms with van der Waals surface area (Å²) >= 11 is 3.47. The van der Waals surface area contributed by atoms with Crippen molar-refractivity contribution in [3.05, 3.63) is 46.6 Å². The van der Waals surface area contributed by atoms with Crippen molar-refractivity contribution in [3.8, 4) is 0 Å². The lowest BCUT2D eigenvalue weighted by Crippen LogP contribution is -2.45. The largest absolute Gasteiger partial charge is 0.467 e. The molecule has 1 aromatic carbocycles. The highest BCUT2D eigenvalue weighted by atomic mass is 79.9. The summed E-state index contributed by atoms with van der Waals surface area (Å²) in [5.74, 6) is -0.584. The number of aromatic nitrogens is 1. The van der Waals surface area contributed by atoms with Crippen molar-refractivity contribution in [2.45, 2.75) is 31.7 Å². The van der Waals surface area contributed by atoms with E-state index in [0.717, 1.165) is 40.2 Å². The molecule has 2 N–H and O–H groups in total. The molecular weight excluding hydrogens is 384 g/mol. The fourth-order valence-corrected chi connectivity index (χ4v) is 3.56. The molecule has 0 aliphatic heterocycles. The van der Waals surface area contributed by atoms with E-state index in [1.165, 1.54) is 7.11 Å². The summed E-state index contributed by atoms with van der Waals surface area (Å²) in [4.78, 5) is 27.9. The highest BCUT2D eigenvalue weighted by Crippen LogP contribution is 2.24. The number of carbonyl (C=O) groups is 2. The third-order valence-electron chi connectivity index (χ3n) is 4.60.